The molecule has 32 heavy (non-hydrogen) atoms. The summed E-state index contributed by atoms with van der Waals surface area (Å²) in [5.41, 5.74) is -0.601. The Balaban J connectivity index is 0.00000289. The number of halogens is 5. The lowest BCUT2D eigenvalue weighted by atomic mass is 10.1. The van der Waals surface area contributed by atoms with Crippen LogP contribution in [0.3, 0.4) is 0 Å². The van der Waals surface area contributed by atoms with Crippen molar-refractivity contribution < 1.29 is 27.1 Å². The van der Waals surface area contributed by atoms with E-state index in [0.29, 0.717) is 24.9 Å². The van der Waals surface area contributed by atoms with Gasteiger partial charge in [0.15, 0.2) is 11.5 Å². The minimum Gasteiger partial charge on any atom is -0.371 e. The third-order valence-corrected chi connectivity index (χ3v) is 4.53. The van der Waals surface area contributed by atoms with Crippen LogP contribution in [0.1, 0.15) is 27.7 Å². The topological polar surface area (TPSA) is 94.0 Å². The molecule has 1 aliphatic rings. The molecule has 0 bridgehead atoms. The lowest BCUT2D eigenvalue weighted by Gasteiger charge is -2.24. The highest BCUT2D eigenvalue weighted by Crippen LogP contribution is 2.27. The van der Waals surface area contributed by atoms with Gasteiger partial charge in [-0.05, 0) is 17.7 Å². The summed E-state index contributed by atoms with van der Waals surface area (Å²) in [7, 11) is 0. The quantitative estimate of drug-likeness (QED) is 0.567. The molecule has 1 unspecified atom stereocenters. The Morgan fingerprint density at radius 3 is 2.75 bits per heavy atom. The van der Waals surface area contributed by atoms with Crippen LogP contribution in [0.25, 0.3) is 5.82 Å². The first-order valence-electron chi connectivity index (χ1n) is 9.18. The van der Waals surface area contributed by atoms with Gasteiger partial charge in [0.05, 0.1) is 42.6 Å². The third kappa shape index (κ3) is 5.21. The molecule has 2 aromatic heterocycles. The maximum Gasteiger partial charge on any atom is 0.434 e. The van der Waals surface area contributed by atoms with Crippen LogP contribution >= 0.6 is 12.4 Å². The van der Waals surface area contributed by atoms with Crippen LogP contribution in [0, 0.1) is 5.82 Å². The number of hydrogen-bond donors (Lipinski definition) is 2. The van der Waals surface area contributed by atoms with Crippen molar-refractivity contribution in [3.05, 3.63) is 65.6 Å². The molecule has 1 atom stereocenters. The first kappa shape index (κ1) is 23.6. The summed E-state index contributed by atoms with van der Waals surface area (Å²) in [6, 6.07) is 4.36. The number of benzene rings is 1. The lowest BCUT2D eigenvalue weighted by molar-refractivity contribution is -0.141. The average molecular weight is 473 g/mol. The van der Waals surface area contributed by atoms with Gasteiger partial charge in [-0.2, -0.15) is 18.3 Å². The number of morpholine rings is 1. The van der Waals surface area contributed by atoms with E-state index in [-0.39, 0.29) is 35.6 Å². The molecule has 2 N–H and O–H groups in total. The second kappa shape index (κ2) is 9.59. The number of aromatic nitrogens is 4. The molecule has 13 heteroatoms. The first-order chi connectivity index (χ1) is 14.8. The number of carbonyl (C=O) groups is 1. The zero-order valence-electron chi connectivity index (χ0n) is 16.3. The number of rotatable bonds is 4. The van der Waals surface area contributed by atoms with E-state index in [9.17, 15) is 22.4 Å². The van der Waals surface area contributed by atoms with Crippen LogP contribution in [-0.2, 0) is 10.9 Å². The van der Waals surface area contributed by atoms with E-state index in [0.717, 1.165) is 23.6 Å². The van der Waals surface area contributed by atoms with E-state index >= 15 is 0 Å². The van der Waals surface area contributed by atoms with Gasteiger partial charge in [-0.15, -0.1) is 12.4 Å². The summed E-state index contributed by atoms with van der Waals surface area (Å²) < 4.78 is 59.4. The van der Waals surface area contributed by atoms with E-state index in [2.05, 4.69) is 25.7 Å². The van der Waals surface area contributed by atoms with Crippen molar-refractivity contribution >= 4 is 24.0 Å². The SMILES string of the molecule is Cl.O=C(Nc1ccc(C2CNCCO2)cc1F)c1cnn(-c2cncc(C(F)(F)F)n2)c1. The summed E-state index contributed by atoms with van der Waals surface area (Å²) in [5, 5.41) is 9.41. The fourth-order valence-electron chi connectivity index (χ4n) is 2.97. The molecule has 0 spiro atoms. The largest absolute Gasteiger partial charge is 0.434 e. The second-order valence-corrected chi connectivity index (χ2v) is 6.69. The minimum absolute atomic E-state index is 0. The number of carbonyl (C=O) groups excluding carboxylic acids is 1. The van der Waals surface area contributed by atoms with Crippen LogP contribution in [0.5, 0.6) is 0 Å². The maximum atomic E-state index is 14.5. The summed E-state index contributed by atoms with van der Waals surface area (Å²) >= 11 is 0. The molecule has 4 rings (SSSR count). The number of alkyl halides is 3. The highest BCUT2D eigenvalue weighted by atomic mass is 35.5. The van der Waals surface area contributed by atoms with Gasteiger partial charge in [0, 0.05) is 19.3 Å². The zero-order valence-corrected chi connectivity index (χ0v) is 17.1. The van der Waals surface area contributed by atoms with Crippen LogP contribution in [0.15, 0.2) is 43.0 Å². The third-order valence-electron chi connectivity index (χ3n) is 4.53. The monoisotopic (exact) mass is 472 g/mol. The molecular weight excluding hydrogens is 456 g/mol. The van der Waals surface area contributed by atoms with Crippen LogP contribution in [0.4, 0.5) is 23.2 Å². The van der Waals surface area contributed by atoms with Gasteiger partial charge in [-0.1, -0.05) is 6.07 Å². The average Bonchev–Trinajstić information content (AvgIpc) is 3.26. The molecule has 8 nitrogen and oxygen atoms in total. The number of nitrogens with zero attached hydrogens (tertiary/aromatic N) is 4. The van der Waals surface area contributed by atoms with Gasteiger partial charge in [0.25, 0.3) is 5.91 Å². The fourth-order valence-corrected chi connectivity index (χ4v) is 2.97. The standard InChI is InChI=1S/C19H16F4N6O2.ClH/c20-13-5-11(15-7-24-3-4-31-15)1-2-14(13)27-18(30)12-6-26-29(10-12)17-9-25-8-16(28-17)19(21,22)23;/h1-2,5-6,8-10,15,24H,3-4,7H2,(H,27,30);1H. The minimum atomic E-state index is -4.67. The Bertz CT molecular complexity index is 1100. The second-order valence-electron chi connectivity index (χ2n) is 6.69. The van der Waals surface area contributed by atoms with Gasteiger partial charge in [-0.25, -0.2) is 14.1 Å². The number of anilines is 1. The summed E-state index contributed by atoms with van der Waals surface area (Å²) in [5.74, 6) is -1.55. The zero-order chi connectivity index (χ0) is 22.0. The van der Waals surface area contributed by atoms with E-state index in [1.165, 1.54) is 18.3 Å². The Morgan fingerprint density at radius 2 is 2.06 bits per heavy atom. The van der Waals surface area contributed by atoms with E-state index in [1.54, 1.807) is 6.07 Å². The van der Waals surface area contributed by atoms with E-state index in [1.807, 2.05) is 0 Å². The fraction of sp³-hybridized carbons (Fsp3) is 0.263. The van der Waals surface area contributed by atoms with E-state index < -0.39 is 23.6 Å². The van der Waals surface area contributed by atoms with Crippen LogP contribution < -0.4 is 10.6 Å². The van der Waals surface area contributed by atoms with Gasteiger partial charge >= 0.3 is 6.18 Å². The highest BCUT2D eigenvalue weighted by Gasteiger charge is 2.33. The van der Waals surface area contributed by atoms with Gasteiger partial charge < -0.3 is 15.4 Å². The van der Waals surface area contributed by atoms with Crippen molar-refractivity contribution in [1.29, 1.82) is 0 Å². The number of ether oxygens (including phenoxy) is 1. The van der Waals surface area contributed by atoms with Crippen LogP contribution in [0.2, 0.25) is 0 Å². The Labute approximate surface area is 185 Å². The van der Waals surface area contributed by atoms with E-state index in [4.69, 9.17) is 4.74 Å². The Hall–Kier alpha value is -3.09. The highest BCUT2D eigenvalue weighted by molar-refractivity contribution is 6.04. The molecule has 1 aliphatic heterocycles. The lowest BCUT2D eigenvalue weighted by Crippen LogP contribution is -2.33. The normalized spacial score (nSPS) is 16.3. The molecule has 3 heterocycles. The van der Waals surface area contributed by atoms with Crippen molar-refractivity contribution in [2.24, 2.45) is 0 Å². The molecular formula is C19H17ClF4N6O2. The number of nitrogens with one attached hydrogen (secondary N) is 2. The van der Waals surface area contributed by atoms with Crippen molar-refractivity contribution in [2.75, 3.05) is 25.0 Å². The van der Waals surface area contributed by atoms with Gasteiger partial charge in [0.1, 0.15) is 5.82 Å². The number of hydrogen-bond acceptors (Lipinski definition) is 6. The van der Waals surface area contributed by atoms with Crippen molar-refractivity contribution in [1.82, 2.24) is 25.1 Å². The number of amides is 1. The van der Waals surface area contributed by atoms with Gasteiger partial charge in [-0.3, -0.25) is 9.78 Å². The van der Waals surface area contributed by atoms with Crippen molar-refractivity contribution in [3.63, 3.8) is 0 Å². The predicted octanol–water partition coefficient (Wildman–Crippen LogP) is 3.16. The predicted molar refractivity (Wildman–Crippen MR) is 107 cm³/mol. The molecule has 0 aliphatic carbocycles. The smallest absolute Gasteiger partial charge is 0.371 e. The molecule has 0 saturated carbocycles. The molecule has 170 valence electrons. The molecule has 1 aromatic carbocycles. The van der Waals surface area contributed by atoms with Crippen molar-refractivity contribution in [2.45, 2.75) is 12.3 Å². The summed E-state index contributed by atoms with van der Waals surface area (Å²) in [4.78, 5) is 19.4. The molecule has 1 fully saturated rings. The van der Waals surface area contributed by atoms with Gasteiger partial charge in [0.2, 0.25) is 0 Å². The van der Waals surface area contributed by atoms with Crippen LogP contribution in [-0.4, -0.2) is 45.4 Å². The molecule has 1 amide bonds. The first-order valence-corrected chi connectivity index (χ1v) is 9.18. The van der Waals surface area contributed by atoms with Crippen molar-refractivity contribution in [3.8, 4) is 5.82 Å². The molecule has 0 radical (unpaired) electrons. The summed E-state index contributed by atoms with van der Waals surface area (Å²) in [6.45, 7) is 1.81. The molecule has 1 saturated heterocycles. The summed E-state index contributed by atoms with van der Waals surface area (Å²) in [6.07, 6.45) is -0.983. The maximum absolute atomic E-state index is 14.5. The molecule has 3 aromatic rings. The Kier molecular flexibility index (Phi) is 7.06. The Morgan fingerprint density at radius 1 is 1.25 bits per heavy atom.